The van der Waals surface area contributed by atoms with Crippen LogP contribution in [-0.4, -0.2) is 33.2 Å². The summed E-state index contributed by atoms with van der Waals surface area (Å²) in [6.07, 6.45) is 0.256. The van der Waals surface area contributed by atoms with Gasteiger partial charge in [0.05, 0.1) is 11.8 Å². The van der Waals surface area contributed by atoms with Crippen LogP contribution in [0.2, 0.25) is 0 Å². The van der Waals surface area contributed by atoms with E-state index in [1.165, 1.54) is 13.1 Å². The van der Waals surface area contributed by atoms with Gasteiger partial charge in [-0.05, 0) is 37.6 Å². The summed E-state index contributed by atoms with van der Waals surface area (Å²) in [6.45, 7) is 4.48. The molecular formula is C13H23N3O3S. The molecule has 0 bridgehead atoms. The number of benzene rings is 1. The molecule has 0 saturated heterocycles. The Bertz CT molecular complexity index is 544. The number of aliphatic hydroxyl groups excluding tert-OH is 1. The molecule has 0 aromatic heterocycles. The molecule has 1 atom stereocenters. The maximum absolute atomic E-state index is 11.7. The van der Waals surface area contributed by atoms with Gasteiger partial charge in [-0.15, -0.1) is 0 Å². The molecule has 7 heteroatoms. The second-order valence-corrected chi connectivity index (χ2v) is 6.98. The lowest BCUT2D eigenvalue weighted by molar-refractivity contribution is 0.161. The molecule has 0 heterocycles. The molecule has 0 fully saturated rings. The Hall–Kier alpha value is -1.31. The summed E-state index contributed by atoms with van der Waals surface area (Å²) in [5.41, 5.74) is 6.60. The highest BCUT2D eigenvalue weighted by molar-refractivity contribution is 7.89. The lowest BCUT2D eigenvalue weighted by Gasteiger charge is -2.15. The van der Waals surface area contributed by atoms with E-state index < -0.39 is 16.1 Å². The van der Waals surface area contributed by atoms with Crippen molar-refractivity contribution in [1.82, 2.24) is 4.72 Å². The van der Waals surface area contributed by atoms with E-state index in [4.69, 9.17) is 5.73 Å². The molecule has 20 heavy (non-hydrogen) atoms. The summed E-state index contributed by atoms with van der Waals surface area (Å²) in [4.78, 5) is 0.0493. The standard InChI is InChI=1S/C13H23N3O3S/c1-9(2)6-11(17)8-16-10-4-5-13(12(14)7-10)20(18,19)15-3/h4-5,7,9,11,15-17H,6,8,14H2,1-3H3. The van der Waals surface area contributed by atoms with Crippen molar-refractivity contribution < 1.29 is 13.5 Å². The zero-order chi connectivity index (χ0) is 15.3. The summed E-state index contributed by atoms with van der Waals surface area (Å²) in [5, 5.41) is 12.8. The van der Waals surface area contributed by atoms with Gasteiger partial charge in [0.25, 0.3) is 0 Å². The first-order valence-corrected chi connectivity index (χ1v) is 7.99. The van der Waals surface area contributed by atoms with Crippen LogP contribution in [0.3, 0.4) is 0 Å². The zero-order valence-corrected chi connectivity index (χ0v) is 12.9. The van der Waals surface area contributed by atoms with E-state index in [2.05, 4.69) is 10.0 Å². The smallest absolute Gasteiger partial charge is 0.242 e. The first kappa shape index (κ1) is 16.7. The van der Waals surface area contributed by atoms with Crippen molar-refractivity contribution in [3.8, 4) is 0 Å². The van der Waals surface area contributed by atoms with Gasteiger partial charge in [-0.2, -0.15) is 0 Å². The van der Waals surface area contributed by atoms with Gasteiger partial charge in [0.15, 0.2) is 0 Å². The summed E-state index contributed by atoms with van der Waals surface area (Å²) < 4.78 is 25.6. The summed E-state index contributed by atoms with van der Waals surface area (Å²) in [5.74, 6) is 0.417. The molecule has 0 radical (unpaired) electrons. The van der Waals surface area contributed by atoms with Crippen molar-refractivity contribution in [2.75, 3.05) is 24.6 Å². The van der Waals surface area contributed by atoms with Crippen molar-refractivity contribution in [1.29, 1.82) is 0 Å². The number of sulfonamides is 1. The maximum Gasteiger partial charge on any atom is 0.242 e. The van der Waals surface area contributed by atoms with Crippen LogP contribution in [0.15, 0.2) is 23.1 Å². The Morgan fingerprint density at radius 1 is 1.35 bits per heavy atom. The zero-order valence-electron chi connectivity index (χ0n) is 12.1. The highest BCUT2D eigenvalue weighted by atomic mass is 32.2. The first-order chi connectivity index (χ1) is 9.26. The largest absolute Gasteiger partial charge is 0.398 e. The molecule has 114 valence electrons. The first-order valence-electron chi connectivity index (χ1n) is 6.51. The second kappa shape index (κ2) is 6.92. The van der Waals surface area contributed by atoms with Gasteiger partial charge in [-0.25, -0.2) is 13.1 Å². The number of hydrogen-bond acceptors (Lipinski definition) is 5. The molecule has 1 unspecified atom stereocenters. The molecule has 0 saturated carbocycles. The minimum Gasteiger partial charge on any atom is -0.398 e. The van der Waals surface area contributed by atoms with Gasteiger partial charge in [0.1, 0.15) is 4.90 Å². The number of nitrogens with one attached hydrogen (secondary N) is 2. The van der Waals surface area contributed by atoms with Gasteiger partial charge < -0.3 is 16.2 Å². The van der Waals surface area contributed by atoms with Crippen molar-refractivity contribution in [2.24, 2.45) is 5.92 Å². The summed E-state index contributed by atoms with van der Waals surface area (Å²) in [7, 11) is -2.21. The number of nitrogens with two attached hydrogens (primary N) is 1. The van der Waals surface area contributed by atoms with Crippen LogP contribution in [0.4, 0.5) is 11.4 Å². The van der Waals surface area contributed by atoms with E-state index in [1.807, 2.05) is 13.8 Å². The Kier molecular flexibility index (Phi) is 5.79. The lowest BCUT2D eigenvalue weighted by Crippen LogP contribution is -2.22. The van der Waals surface area contributed by atoms with Gasteiger partial charge in [-0.3, -0.25) is 0 Å². The predicted molar refractivity (Wildman–Crippen MR) is 81.1 cm³/mol. The fourth-order valence-electron chi connectivity index (χ4n) is 1.88. The minimum atomic E-state index is -3.54. The van der Waals surface area contributed by atoms with Crippen molar-refractivity contribution in [2.45, 2.75) is 31.3 Å². The number of rotatable bonds is 7. The highest BCUT2D eigenvalue weighted by Crippen LogP contribution is 2.22. The van der Waals surface area contributed by atoms with Crippen molar-refractivity contribution in [3.63, 3.8) is 0 Å². The van der Waals surface area contributed by atoms with Crippen LogP contribution >= 0.6 is 0 Å². The number of anilines is 2. The number of hydrogen-bond donors (Lipinski definition) is 4. The number of nitrogen functional groups attached to an aromatic ring is 1. The normalized spacial score (nSPS) is 13.4. The molecule has 0 aliphatic rings. The van der Waals surface area contributed by atoms with Gasteiger partial charge >= 0.3 is 0 Å². The van der Waals surface area contributed by atoms with Crippen molar-refractivity contribution >= 4 is 21.4 Å². The van der Waals surface area contributed by atoms with E-state index >= 15 is 0 Å². The molecule has 0 amide bonds. The lowest BCUT2D eigenvalue weighted by atomic mass is 10.1. The van der Waals surface area contributed by atoms with Crippen molar-refractivity contribution in [3.05, 3.63) is 18.2 Å². The predicted octanol–water partition coefficient (Wildman–Crippen LogP) is 0.996. The topological polar surface area (TPSA) is 104 Å². The van der Waals surface area contributed by atoms with E-state index in [0.717, 1.165) is 0 Å². The SMILES string of the molecule is CNS(=O)(=O)c1ccc(NCC(O)CC(C)C)cc1N. The van der Waals surface area contributed by atoms with E-state index in [9.17, 15) is 13.5 Å². The molecular weight excluding hydrogens is 278 g/mol. The van der Waals surface area contributed by atoms with E-state index in [0.29, 0.717) is 24.6 Å². The van der Waals surface area contributed by atoms with Crippen LogP contribution in [-0.2, 0) is 10.0 Å². The Morgan fingerprint density at radius 2 is 2.00 bits per heavy atom. The molecule has 0 aliphatic heterocycles. The Labute approximate surface area is 120 Å². The third kappa shape index (κ3) is 4.66. The minimum absolute atomic E-state index is 0.0493. The quantitative estimate of drug-likeness (QED) is 0.562. The molecule has 1 aromatic carbocycles. The Morgan fingerprint density at radius 3 is 2.50 bits per heavy atom. The van der Waals surface area contributed by atoms with Crippen LogP contribution in [0.25, 0.3) is 0 Å². The van der Waals surface area contributed by atoms with Crippen LogP contribution in [0, 0.1) is 5.92 Å². The average Bonchev–Trinajstić information content (AvgIpc) is 2.35. The molecule has 6 nitrogen and oxygen atoms in total. The second-order valence-electron chi connectivity index (χ2n) is 5.12. The third-order valence-electron chi connectivity index (χ3n) is 2.85. The van der Waals surface area contributed by atoms with Crippen LogP contribution in [0.5, 0.6) is 0 Å². The third-order valence-corrected chi connectivity index (χ3v) is 4.34. The maximum atomic E-state index is 11.7. The van der Waals surface area contributed by atoms with Crippen LogP contribution in [0.1, 0.15) is 20.3 Å². The highest BCUT2D eigenvalue weighted by Gasteiger charge is 2.15. The van der Waals surface area contributed by atoms with Gasteiger partial charge in [-0.1, -0.05) is 13.8 Å². The van der Waals surface area contributed by atoms with E-state index in [1.54, 1.807) is 12.1 Å². The summed E-state index contributed by atoms with van der Waals surface area (Å²) >= 11 is 0. The fourth-order valence-corrected chi connectivity index (χ4v) is 2.71. The summed E-state index contributed by atoms with van der Waals surface area (Å²) in [6, 6.07) is 4.62. The van der Waals surface area contributed by atoms with Crippen LogP contribution < -0.4 is 15.8 Å². The molecule has 0 spiro atoms. The number of aliphatic hydroxyl groups is 1. The molecule has 1 rings (SSSR count). The Balaban J connectivity index is 2.74. The van der Waals surface area contributed by atoms with Gasteiger partial charge in [0, 0.05) is 12.2 Å². The van der Waals surface area contributed by atoms with E-state index in [-0.39, 0.29) is 10.6 Å². The molecule has 5 N–H and O–H groups in total. The fraction of sp³-hybridized carbons (Fsp3) is 0.538. The average molecular weight is 301 g/mol. The molecule has 1 aromatic rings. The molecule has 0 aliphatic carbocycles. The monoisotopic (exact) mass is 301 g/mol. The van der Waals surface area contributed by atoms with Gasteiger partial charge in [0.2, 0.25) is 10.0 Å².